The summed E-state index contributed by atoms with van der Waals surface area (Å²) in [6.07, 6.45) is 4.84. The van der Waals surface area contributed by atoms with E-state index in [1.807, 2.05) is 24.3 Å². The molecule has 1 atom stereocenters. The summed E-state index contributed by atoms with van der Waals surface area (Å²) in [5.74, 6) is -0.682. The third-order valence-electron chi connectivity index (χ3n) is 6.39. The summed E-state index contributed by atoms with van der Waals surface area (Å²) in [7, 11) is 0. The highest BCUT2D eigenvalue weighted by atomic mass is 79.9. The smallest absolute Gasteiger partial charge is 0.257 e. The molecule has 2 heterocycles. The number of rotatable bonds is 6. The largest absolute Gasteiger partial charge is 0.431 e. The lowest BCUT2D eigenvalue weighted by Crippen LogP contribution is -2.52. The van der Waals surface area contributed by atoms with Gasteiger partial charge in [0, 0.05) is 10.5 Å². The Morgan fingerprint density at radius 3 is 2.56 bits per heavy atom. The van der Waals surface area contributed by atoms with Crippen LogP contribution in [0.5, 0.6) is 0 Å². The van der Waals surface area contributed by atoms with Crippen molar-refractivity contribution in [2.24, 2.45) is 0 Å². The second kappa shape index (κ2) is 9.92. The van der Waals surface area contributed by atoms with Crippen molar-refractivity contribution in [2.75, 3.05) is 10.7 Å². The van der Waals surface area contributed by atoms with Crippen molar-refractivity contribution in [1.82, 2.24) is 9.88 Å². The number of carbonyl (C=O) groups is 3. The Morgan fingerprint density at radius 1 is 1.09 bits per heavy atom. The molecule has 176 valence electrons. The molecule has 1 unspecified atom stereocenters. The Kier molecular flexibility index (Phi) is 6.74. The normalized spacial score (nSPS) is 19.2. The number of aromatic nitrogens is 1. The molecular formula is C25H24BrN3O4S. The minimum absolute atomic E-state index is 0.00465. The van der Waals surface area contributed by atoms with Gasteiger partial charge in [-0.05, 0) is 49.2 Å². The lowest BCUT2D eigenvalue weighted by atomic mass is 9.92. The molecule has 9 heteroatoms. The van der Waals surface area contributed by atoms with E-state index in [0.29, 0.717) is 16.5 Å². The summed E-state index contributed by atoms with van der Waals surface area (Å²) in [6.45, 7) is 0. The number of thioether (sulfide) groups is 1. The van der Waals surface area contributed by atoms with Crippen LogP contribution in [-0.2, 0) is 14.4 Å². The first kappa shape index (κ1) is 23.1. The molecule has 5 rings (SSSR count). The van der Waals surface area contributed by atoms with E-state index in [1.165, 1.54) is 16.7 Å². The summed E-state index contributed by atoms with van der Waals surface area (Å²) in [4.78, 5) is 47.2. The molecule has 2 fully saturated rings. The highest BCUT2D eigenvalue weighted by Gasteiger charge is 2.46. The van der Waals surface area contributed by atoms with Crippen LogP contribution < -0.4 is 4.90 Å². The van der Waals surface area contributed by atoms with E-state index < -0.39 is 6.04 Å². The van der Waals surface area contributed by atoms with E-state index >= 15 is 0 Å². The van der Waals surface area contributed by atoms with Crippen LogP contribution >= 0.6 is 27.7 Å². The van der Waals surface area contributed by atoms with Crippen molar-refractivity contribution < 1.29 is 18.8 Å². The van der Waals surface area contributed by atoms with Gasteiger partial charge in [-0.25, -0.2) is 9.88 Å². The number of benzene rings is 2. The average Bonchev–Trinajstić information content (AvgIpc) is 3.39. The number of nitrogens with zero attached hydrogens (tertiary/aromatic N) is 3. The average molecular weight is 542 g/mol. The van der Waals surface area contributed by atoms with E-state index in [4.69, 9.17) is 4.42 Å². The maximum Gasteiger partial charge on any atom is 0.257 e. The van der Waals surface area contributed by atoms with Gasteiger partial charge in [0.15, 0.2) is 5.58 Å². The molecule has 3 amide bonds. The number of fused-ring (bicyclic) bond motifs is 1. The first-order chi connectivity index (χ1) is 16.5. The topological polar surface area (TPSA) is 83.7 Å². The lowest BCUT2D eigenvalue weighted by Gasteiger charge is -2.37. The SMILES string of the molecule is O=C1CC(N(C(=O)CSc2nc3ccccc3o2)C2CCCCC2)C(=O)N1c1ccc(Br)cc1. The van der Waals surface area contributed by atoms with Crippen LogP contribution in [0.15, 0.2) is 62.6 Å². The molecule has 0 radical (unpaired) electrons. The van der Waals surface area contributed by atoms with Crippen LogP contribution in [0, 0.1) is 0 Å². The number of carbonyl (C=O) groups excluding carboxylic acids is 3. The van der Waals surface area contributed by atoms with Crippen LogP contribution in [0.1, 0.15) is 38.5 Å². The predicted molar refractivity (Wildman–Crippen MR) is 133 cm³/mol. The Hall–Kier alpha value is -2.65. The minimum Gasteiger partial charge on any atom is -0.431 e. The summed E-state index contributed by atoms with van der Waals surface area (Å²) in [5.41, 5.74) is 1.93. The molecule has 1 saturated carbocycles. The number of amides is 3. The van der Waals surface area contributed by atoms with Crippen molar-refractivity contribution in [3.8, 4) is 0 Å². The molecule has 1 aliphatic heterocycles. The Bertz CT molecular complexity index is 1190. The molecule has 1 aromatic heterocycles. The lowest BCUT2D eigenvalue weighted by molar-refractivity contribution is -0.139. The zero-order valence-corrected chi connectivity index (χ0v) is 20.9. The molecule has 3 aromatic rings. The summed E-state index contributed by atoms with van der Waals surface area (Å²) in [6, 6.07) is 13.7. The Morgan fingerprint density at radius 2 is 1.82 bits per heavy atom. The second-order valence-corrected chi connectivity index (χ2v) is 10.4. The van der Waals surface area contributed by atoms with Crippen molar-refractivity contribution in [1.29, 1.82) is 0 Å². The highest BCUT2D eigenvalue weighted by Crippen LogP contribution is 2.33. The molecular weight excluding hydrogens is 518 g/mol. The third kappa shape index (κ3) is 4.63. The number of anilines is 1. The molecule has 0 N–H and O–H groups in total. The van der Waals surface area contributed by atoms with E-state index in [1.54, 1.807) is 29.2 Å². The number of para-hydroxylation sites is 2. The van der Waals surface area contributed by atoms with Gasteiger partial charge in [-0.15, -0.1) is 0 Å². The van der Waals surface area contributed by atoms with Crippen molar-refractivity contribution in [3.05, 3.63) is 53.0 Å². The van der Waals surface area contributed by atoms with Crippen LogP contribution in [0.25, 0.3) is 11.1 Å². The van der Waals surface area contributed by atoms with Crippen molar-refractivity contribution >= 4 is 62.2 Å². The molecule has 1 aliphatic carbocycles. The standard InChI is InChI=1S/C25H24BrN3O4S/c26-16-10-12-18(13-11-16)29-22(30)14-20(24(29)32)28(17-6-2-1-3-7-17)23(31)15-34-25-27-19-8-4-5-9-21(19)33-25/h4-5,8-13,17,20H,1-3,6-7,14-15H2. The van der Waals surface area contributed by atoms with E-state index in [2.05, 4.69) is 20.9 Å². The maximum atomic E-state index is 13.5. The summed E-state index contributed by atoms with van der Waals surface area (Å²) < 4.78 is 6.60. The van der Waals surface area contributed by atoms with Gasteiger partial charge in [0.25, 0.3) is 11.1 Å². The van der Waals surface area contributed by atoms with Crippen molar-refractivity contribution in [2.45, 2.75) is 55.8 Å². The number of hydrogen-bond acceptors (Lipinski definition) is 6. The first-order valence-corrected chi connectivity index (χ1v) is 13.2. The fourth-order valence-corrected chi connectivity index (χ4v) is 5.77. The fraction of sp³-hybridized carbons (Fsp3) is 0.360. The first-order valence-electron chi connectivity index (χ1n) is 11.4. The maximum absolute atomic E-state index is 13.5. The van der Waals surface area contributed by atoms with Gasteiger partial charge in [-0.3, -0.25) is 14.4 Å². The second-order valence-electron chi connectivity index (χ2n) is 8.59. The summed E-state index contributed by atoms with van der Waals surface area (Å²) in [5, 5.41) is 0.420. The summed E-state index contributed by atoms with van der Waals surface area (Å²) >= 11 is 4.60. The number of hydrogen-bond donors (Lipinski definition) is 0. The van der Waals surface area contributed by atoms with Gasteiger partial charge >= 0.3 is 0 Å². The Labute approximate surface area is 210 Å². The van der Waals surface area contributed by atoms with Crippen LogP contribution in [0.4, 0.5) is 5.69 Å². The monoisotopic (exact) mass is 541 g/mol. The van der Waals surface area contributed by atoms with E-state index in [9.17, 15) is 14.4 Å². The zero-order chi connectivity index (χ0) is 23.7. The van der Waals surface area contributed by atoms with Gasteiger partial charge < -0.3 is 9.32 Å². The quantitative estimate of drug-likeness (QED) is 0.316. The number of oxazole rings is 1. The van der Waals surface area contributed by atoms with Gasteiger partial charge in [-0.2, -0.15) is 0 Å². The van der Waals surface area contributed by atoms with E-state index in [0.717, 1.165) is 42.1 Å². The Balaban J connectivity index is 1.36. The highest BCUT2D eigenvalue weighted by molar-refractivity contribution is 9.10. The fourth-order valence-electron chi connectivity index (χ4n) is 4.80. The van der Waals surface area contributed by atoms with Crippen molar-refractivity contribution in [3.63, 3.8) is 0 Å². The number of halogens is 1. The van der Waals surface area contributed by atoms with E-state index in [-0.39, 0.29) is 35.9 Å². The number of imide groups is 1. The van der Waals surface area contributed by atoms with Gasteiger partial charge in [0.1, 0.15) is 11.6 Å². The van der Waals surface area contributed by atoms with Crippen LogP contribution in [0.2, 0.25) is 0 Å². The molecule has 0 spiro atoms. The van der Waals surface area contributed by atoms with Gasteiger partial charge in [0.2, 0.25) is 11.8 Å². The zero-order valence-electron chi connectivity index (χ0n) is 18.5. The molecule has 7 nitrogen and oxygen atoms in total. The predicted octanol–water partition coefficient (Wildman–Crippen LogP) is 5.18. The van der Waals surface area contributed by atoms with Gasteiger partial charge in [0.05, 0.1) is 17.9 Å². The van der Waals surface area contributed by atoms with Crippen LogP contribution in [0.3, 0.4) is 0 Å². The molecule has 2 aromatic carbocycles. The molecule has 34 heavy (non-hydrogen) atoms. The molecule has 0 bridgehead atoms. The van der Waals surface area contributed by atoms with Gasteiger partial charge in [-0.1, -0.05) is 59.1 Å². The minimum atomic E-state index is -0.782. The molecule has 1 saturated heterocycles. The van der Waals surface area contributed by atoms with Crippen LogP contribution in [-0.4, -0.2) is 45.4 Å². The molecule has 2 aliphatic rings. The third-order valence-corrected chi connectivity index (χ3v) is 7.73.